The Morgan fingerprint density at radius 3 is 2.61 bits per heavy atom. The van der Waals surface area contributed by atoms with Crippen molar-refractivity contribution >= 4 is 60.5 Å². The van der Waals surface area contributed by atoms with Crippen molar-refractivity contribution in [3.05, 3.63) is 43.0 Å². The van der Waals surface area contributed by atoms with E-state index in [0.29, 0.717) is 16.3 Å². The molecule has 0 aliphatic rings. The van der Waals surface area contributed by atoms with Gasteiger partial charge in [-0.3, -0.25) is 4.79 Å². The highest BCUT2D eigenvalue weighted by molar-refractivity contribution is 9.11. The molecule has 0 radical (unpaired) electrons. The van der Waals surface area contributed by atoms with Crippen LogP contribution in [0.25, 0.3) is 0 Å². The molecule has 0 aliphatic heterocycles. The molecule has 1 aromatic carbocycles. The maximum Gasteiger partial charge on any atom is 0.265 e. The van der Waals surface area contributed by atoms with Crippen molar-refractivity contribution < 1.29 is 4.79 Å². The lowest BCUT2D eigenvalue weighted by molar-refractivity contribution is 0.103. The lowest BCUT2D eigenvalue weighted by Gasteiger charge is -2.10. The molecule has 0 saturated heterocycles. The first-order chi connectivity index (χ1) is 8.47. The second-order valence-corrected chi connectivity index (χ2v) is 7.09. The molecule has 0 saturated carbocycles. The maximum atomic E-state index is 12.0. The van der Waals surface area contributed by atoms with Gasteiger partial charge in [0.25, 0.3) is 5.91 Å². The van der Waals surface area contributed by atoms with Gasteiger partial charge in [0.2, 0.25) is 0 Å². The van der Waals surface area contributed by atoms with Crippen LogP contribution in [0.3, 0.4) is 0 Å². The Labute approximate surface area is 126 Å². The molecule has 0 fully saturated rings. The zero-order valence-electron chi connectivity index (χ0n) is 9.46. The highest BCUT2D eigenvalue weighted by atomic mass is 79.9. The number of hydrogen-bond donors (Lipinski definition) is 2. The highest BCUT2D eigenvalue weighted by Gasteiger charge is 2.13. The van der Waals surface area contributed by atoms with Gasteiger partial charge in [0.1, 0.15) is 0 Å². The number of carbonyl (C=O) groups excluding carboxylic acids is 1. The van der Waals surface area contributed by atoms with Crippen LogP contribution in [0.2, 0.25) is 0 Å². The van der Waals surface area contributed by atoms with E-state index in [1.165, 1.54) is 11.3 Å². The second kappa shape index (κ2) is 5.42. The first-order valence-electron chi connectivity index (χ1n) is 5.09. The van der Waals surface area contributed by atoms with Crippen LogP contribution in [0.15, 0.2) is 32.5 Å². The first-order valence-corrected chi connectivity index (χ1v) is 7.50. The number of nitrogens with one attached hydrogen (secondary N) is 1. The smallest absolute Gasteiger partial charge is 0.265 e. The molecule has 0 atom stereocenters. The minimum absolute atomic E-state index is 0.165. The van der Waals surface area contributed by atoms with Crippen molar-refractivity contribution in [3.63, 3.8) is 0 Å². The molecule has 1 amide bonds. The summed E-state index contributed by atoms with van der Waals surface area (Å²) in [6.07, 6.45) is 0. The van der Waals surface area contributed by atoms with Gasteiger partial charge in [0.05, 0.1) is 20.0 Å². The summed E-state index contributed by atoms with van der Waals surface area (Å²) in [4.78, 5) is 12.7. The number of anilines is 2. The fourth-order valence-corrected chi connectivity index (χ4v) is 3.48. The normalized spacial score (nSPS) is 10.4. The summed E-state index contributed by atoms with van der Waals surface area (Å²) < 4.78 is 1.70. The third kappa shape index (κ3) is 2.93. The monoisotopic (exact) mass is 388 g/mol. The molecule has 0 aliphatic carbocycles. The number of carbonyl (C=O) groups is 1. The molecule has 18 heavy (non-hydrogen) atoms. The van der Waals surface area contributed by atoms with E-state index in [1.807, 2.05) is 25.1 Å². The lowest BCUT2D eigenvalue weighted by atomic mass is 10.2. The summed E-state index contributed by atoms with van der Waals surface area (Å²) in [5.41, 5.74) is 8.10. The van der Waals surface area contributed by atoms with Crippen molar-refractivity contribution in [2.24, 2.45) is 0 Å². The third-order valence-electron chi connectivity index (χ3n) is 2.30. The Morgan fingerprint density at radius 2 is 2.06 bits per heavy atom. The molecule has 0 spiro atoms. The van der Waals surface area contributed by atoms with E-state index in [1.54, 1.807) is 6.07 Å². The quantitative estimate of drug-likeness (QED) is 0.747. The average molecular weight is 390 g/mol. The highest BCUT2D eigenvalue weighted by Crippen LogP contribution is 2.31. The van der Waals surface area contributed by atoms with Crippen LogP contribution in [-0.2, 0) is 0 Å². The minimum Gasteiger partial charge on any atom is -0.397 e. The van der Waals surface area contributed by atoms with Gasteiger partial charge in [0, 0.05) is 4.47 Å². The van der Waals surface area contributed by atoms with E-state index in [9.17, 15) is 4.79 Å². The number of amides is 1. The summed E-state index contributed by atoms with van der Waals surface area (Å²) >= 11 is 8.11. The van der Waals surface area contributed by atoms with Crippen LogP contribution in [0.4, 0.5) is 11.4 Å². The predicted octanol–water partition coefficient (Wildman–Crippen LogP) is 4.42. The molecule has 0 bridgehead atoms. The van der Waals surface area contributed by atoms with E-state index >= 15 is 0 Å². The van der Waals surface area contributed by atoms with E-state index in [-0.39, 0.29) is 5.91 Å². The fraction of sp³-hybridized carbons (Fsp3) is 0.0833. The van der Waals surface area contributed by atoms with Gasteiger partial charge < -0.3 is 11.1 Å². The Morgan fingerprint density at radius 1 is 1.33 bits per heavy atom. The summed E-state index contributed by atoms with van der Waals surface area (Å²) in [7, 11) is 0. The Hall–Kier alpha value is -0.850. The zero-order chi connectivity index (χ0) is 13.3. The number of hydrogen-bond acceptors (Lipinski definition) is 3. The van der Waals surface area contributed by atoms with Gasteiger partial charge in [0.15, 0.2) is 0 Å². The molecule has 2 aromatic rings. The first kappa shape index (κ1) is 13.6. The molecule has 2 rings (SSSR count). The van der Waals surface area contributed by atoms with Crippen LogP contribution in [-0.4, -0.2) is 5.91 Å². The number of nitrogens with two attached hydrogens (primary N) is 1. The number of rotatable bonds is 2. The molecule has 3 N–H and O–H groups in total. The third-order valence-corrected chi connectivity index (χ3v) is 4.55. The second-order valence-electron chi connectivity index (χ2n) is 3.77. The van der Waals surface area contributed by atoms with Crippen LogP contribution in [0.5, 0.6) is 0 Å². The molecule has 1 aromatic heterocycles. The van der Waals surface area contributed by atoms with Gasteiger partial charge in [-0.05, 0) is 68.6 Å². The number of aryl methyl sites for hydroxylation is 1. The Balaban J connectivity index is 2.27. The molecule has 94 valence electrons. The van der Waals surface area contributed by atoms with Gasteiger partial charge in [-0.2, -0.15) is 0 Å². The van der Waals surface area contributed by atoms with Crippen LogP contribution < -0.4 is 11.1 Å². The molecule has 3 nitrogen and oxygen atoms in total. The van der Waals surface area contributed by atoms with Crippen molar-refractivity contribution in [1.82, 2.24) is 0 Å². The van der Waals surface area contributed by atoms with Gasteiger partial charge >= 0.3 is 0 Å². The largest absolute Gasteiger partial charge is 0.397 e. The number of nitrogen functional groups attached to an aromatic ring is 1. The van der Waals surface area contributed by atoms with Crippen molar-refractivity contribution in [2.75, 3.05) is 11.1 Å². The van der Waals surface area contributed by atoms with E-state index in [2.05, 4.69) is 37.2 Å². The molecular weight excluding hydrogens is 380 g/mol. The molecule has 0 unspecified atom stereocenters. The SMILES string of the molecule is Cc1cc(N)c(NC(=O)c2ccc(Br)s2)c(Br)c1. The predicted molar refractivity (Wildman–Crippen MR) is 83.3 cm³/mol. The zero-order valence-corrected chi connectivity index (χ0v) is 13.4. The van der Waals surface area contributed by atoms with E-state index < -0.39 is 0 Å². The van der Waals surface area contributed by atoms with Gasteiger partial charge in [-0.25, -0.2) is 0 Å². The van der Waals surface area contributed by atoms with Crippen molar-refractivity contribution in [1.29, 1.82) is 0 Å². The van der Waals surface area contributed by atoms with Gasteiger partial charge in [-0.1, -0.05) is 0 Å². The standard InChI is InChI=1S/C12H10Br2N2OS/c1-6-4-7(13)11(8(15)5-6)16-12(17)9-2-3-10(14)18-9/h2-5H,15H2,1H3,(H,16,17). The van der Waals surface area contributed by atoms with Crippen LogP contribution in [0.1, 0.15) is 15.2 Å². The maximum absolute atomic E-state index is 12.0. The molecular formula is C12H10Br2N2OS. The summed E-state index contributed by atoms with van der Waals surface area (Å²) in [5, 5.41) is 2.81. The van der Waals surface area contributed by atoms with Crippen molar-refractivity contribution in [2.45, 2.75) is 6.92 Å². The van der Waals surface area contributed by atoms with Crippen molar-refractivity contribution in [3.8, 4) is 0 Å². The van der Waals surface area contributed by atoms with Crippen LogP contribution in [0, 0.1) is 6.92 Å². The number of thiophene rings is 1. The molecule has 6 heteroatoms. The summed E-state index contributed by atoms with van der Waals surface area (Å²) in [6, 6.07) is 7.34. The summed E-state index contributed by atoms with van der Waals surface area (Å²) in [5.74, 6) is -0.165. The van der Waals surface area contributed by atoms with E-state index in [0.717, 1.165) is 13.8 Å². The number of halogens is 2. The van der Waals surface area contributed by atoms with Crippen LogP contribution >= 0.6 is 43.2 Å². The molecule has 1 heterocycles. The fourth-order valence-electron chi connectivity index (χ4n) is 1.51. The number of benzene rings is 1. The minimum atomic E-state index is -0.165. The lowest BCUT2D eigenvalue weighted by Crippen LogP contribution is -2.12. The average Bonchev–Trinajstić information content (AvgIpc) is 2.70. The van der Waals surface area contributed by atoms with Gasteiger partial charge in [-0.15, -0.1) is 11.3 Å². The Kier molecular flexibility index (Phi) is 4.09. The Bertz CT molecular complexity index is 587. The topological polar surface area (TPSA) is 55.1 Å². The van der Waals surface area contributed by atoms with E-state index in [4.69, 9.17) is 5.73 Å². The summed E-state index contributed by atoms with van der Waals surface area (Å²) in [6.45, 7) is 1.95.